The molecule has 0 aliphatic carbocycles. The summed E-state index contributed by atoms with van der Waals surface area (Å²) in [5.41, 5.74) is -0.536. The molecule has 1 unspecified atom stereocenters. The summed E-state index contributed by atoms with van der Waals surface area (Å²) in [7, 11) is 0. The number of aromatic nitrogens is 1. The van der Waals surface area contributed by atoms with Crippen LogP contribution in [0.15, 0.2) is 18.3 Å². The molecular formula is C11H10BrF3N2O. The van der Waals surface area contributed by atoms with E-state index < -0.39 is 11.9 Å². The number of carbonyl (C=O) groups is 1. The van der Waals surface area contributed by atoms with Crippen molar-refractivity contribution in [3.63, 3.8) is 0 Å². The number of nitrogens with zero attached hydrogens (tertiary/aromatic N) is 2. The minimum Gasteiger partial charge on any atom is -0.311 e. The average molecular weight is 323 g/mol. The molecule has 1 aliphatic heterocycles. The van der Waals surface area contributed by atoms with Crippen molar-refractivity contribution >= 4 is 27.5 Å². The van der Waals surface area contributed by atoms with Gasteiger partial charge in [-0.1, -0.05) is 15.9 Å². The van der Waals surface area contributed by atoms with E-state index in [1.807, 2.05) is 0 Å². The van der Waals surface area contributed by atoms with Crippen LogP contribution in [0, 0.1) is 5.92 Å². The number of rotatable bonds is 2. The summed E-state index contributed by atoms with van der Waals surface area (Å²) < 4.78 is 37.0. The number of pyridine rings is 1. The number of halogens is 4. The van der Waals surface area contributed by atoms with E-state index in [2.05, 4.69) is 20.9 Å². The largest absolute Gasteiger partial charge is 0.433 e. The van der Waals surface area contributed by atoms with Gasteiger partial charge in [-0.05, 0) is 18.1 Å². The highest BCUT2D eigenvalue weighted by Gasteiger charge is 2.34. The lowest BCUT2D eigenvalue weighted by Crippen LogP contribution is -2.25. The quantitative estimate of drug-likeness (QED) is 0.784. The Morgan fingerprint density at radius 1 is 1.44 bits per heavy atom. The molecule has 0 N–H and O–H groups in total. The first kappa shape index (κ1) is 13.3. The Morgan fingerprint density at radius 3 is 2.61 bits per heavy atom. The van der Waals surface area contributed by atoms with Gasteiger partial charge in [-0.15, -0.1) is 0 Å². The highest BCUT2D eigenvalue weighted by atomic mass is 79.9. The van der Waals surface area contributed by atoms with Crippen molar-refractivity contribution in [1.82, 2.24) is 4.98 Å². The van der Waals surface area contributed by atoms with Crippen LogP contribution in [-0.2, 0) is 11.0 Å². The van der Waals surface area contributed by atoms with Crippen LogP contribution in [0.3, 0.4) is 0 Å². The lowest BCUT2D eigenvalue weighted by molar-refractivity contribution is -0.141. The monoisotopic (exact) mass is 322 g/mol. The van der Waals surface area contributed by atoms with Gasteiger partial charge in [0.15, 0.2) is 0 Å². The van der Waals surface area contributed by atoms with Crippen LogP contribution in [-0.4, -0.2) is 22.8 Å². The Bertz CT molecular complexity index is 447. The zero-order valence-electron chi connectivity index (χ0n) is 9.25. The van der Waals surface area contributed by atoms with E-state index in [9.17, 15) is 18.0 Å². The average Bonchev–Trinajstić information content (AvgIpc) is 2.70. The van der Waals surface area contributed by atoms with E-state index in [0.717, 1.165) is 12.3 Å². The Kier molecular flexibility index (Phi) is 3.61. The van der Waals surface area contributed by atoms with Crippen LogP contribution in [0.4, 0.5) is 18.9 Å². The van der Waals surface area contributed by atoms with Gasteiger partial charge in [0.25, 0.3) is 0 Å². The van der Waals surface area contributed by atoms with Crippen molar-refractivity contribution in [2.75, 3.05) is 16.8 Å². The summed E-state index contributed by atoms with van der Waals surface area (Å²) in [5.74, 6) is 0.112. The van der Waals surface area contributed by atoms with E-state index >= 15 is 0 Å². The molecule has 2 rings (SSSR count). The molecule has 0 radical (unpaired) electrons. The first-order valence-electron chi connectivity index (χ1n) is 5.31. The number of anilines is 1. The fourth-order valence-corrected chi connectivity index (χ4v) is 2.28. The third-order valence-corrected chi connectivity index (χ3v) is 3.69. The van der Waals surface area contributed by atoms with Crippen molar-refractivity contribution in [2.24, 2.45) is 5.92 Å². The standard InChI is InChI=1S/C11H10BrF3N2O/c12-4-7-3-10(18)17(6-7)8-1-2-9(16-5-8)11(13,14)15/h1-2,5,7H,3-4,6H2. The predicted octanol–water partition coefficient (Wildman–Crippen LogP) is 2.85. The molecular weight excluding hydrogens is 313 g/mol. The maximum Gasteiger partial charge on any atom is 0.433 e. The molecule has 1 fully saturated rings. The molecule has 0 spiro atoms. The third-order valence-electron chi connectivity index (χ3n) is 2.77. The summed E-state index contributed by atoms with van der Waals surface area (Å²) in [6, 6.07) is 2.18. The SMILES string of the molecule is O=C1CC(CBr)CN1c1ccc(C(F)(F)F)nc1. The smallest absolute Gasteiger partial charge is 0.311 e. The van der Waals surface area contributed by atoms with Crippen LogP contribution >= 0.6 is 15.9 Å². The van der Waals surface area contributed by atoms with Gasteiger partial charge in [-0.25, -0.2) is 4.98 Å². The second kappa shape index (κ2) is 4.87. The fourth-order valence-electron chi connectivity index (χ4n) is 1.85. The van der Waals surface area contributed by atoms with Gasteiger partial charge in [0.2, 0.25) is 5.91 Å². The summed E-state index contributed by atoms with van der Waals surface area (Å²) in [6.07, 6.45) is -2.95. The lowest BCUT2D eigenvalue weighted by atomic mass is 10.2. The third kappa shape index (κ3) is 2.66. The number of hydrogen-bond donors (Lipinski definition) is 0. The van der Waals surface area contributed by atoms with Crippen molar-refractivity contribution in [2.45, 2.75) is 12.6 Å². The van der Waals surface area contributed by atoms with Crippen molar-refractivity contribution in [1.29, 1.82) is 0 Å². The van der Waals surface area contributed by atoms with E-state index in [1.165, 1.54) is 11.0 Å². The summed E-state index contributed by atoms with van der Waals surface area (Å²) >= 11 is 3.30. The van der Waals surface area contributed by atoms with Crippen molar-refractivity contribution < 1.29 is 18.0 Å². The number of amides is 1. The molecule has 1 aliphatic rings. The highest BCUT2D eigenvalue weighted by Crippen LogP contribution is 2.30. The zero-order valence-corrected chi connectivity index (χ0v) is 10.8. The number of carbonyl (C=O) groups excluding carboxylic acids is 1. The molecule has 2 heterocycles. The van der Waals surface area contributed by atoms with E-state index in [0.29, 0.717) is 24.0 Å². The summed E-state index contributed by atoms with van der Waals surface area (Å²) in [4.78, 5) is 16.5. The molecule has 1 amide bonds. The minimum absolute atomic E-state index is 0.0824. The molecule has 1 aromatic rings. The second-order valence-corrected chi connectivity index (χ2v) is 4.78. The lowest BCUT2D eigenvalue weighted by Gasteiger charge is -2.16. The summed E-state index contributed by atoms with van der Waals surface area (Å²) in [5, 5.41) is 0.698. The van der Waals surface area contributed by atoms with Crippen LogP contribution < -0.4 is 4.90 Å². The topological polar surface area (TPSA) is 33.2 Å². The molecule has 98 valence electrons. The van der Waals surface area contributed by atoms with E-state index in [-0.39, 0.29) is 11.8 Å². The Morgan fingerprint density at radius 2 is 2.17 bits per heavy atom. The second-order valence-electron chi connectivity index (χ2n) is 4.13. The Labute approximate surface area is 110 Å². The predicted molar refractivity (Wildman–Crippen MR) is 63.5 cm³/mol. The normalized spacial score (nSPS) is 20.6. The maximum absolute atomic E-state index is 12.3. The van der Waals surface area contributed by atoms with Gasteiger partial charge < -0.3 is 4.90 Å². The van der Waals surface area contributed by atoms with Gasteiger partial charge in [0, 0.05) is 18.3 Å². The number of alkyl halides is 4. The van der Waals surface area contributed by atoms with Gasteiger partial charge in [0.1, 0.15) is 5.69 Å². The Hall–Kier alpha value is -1.11. The first-order valence-corrected chi connectivity index (χ1v) is 6.43. The van der Waals surface area contributed by atoms with Crippen molar-refractivity contribution in [3.05, 3.63) is 24.0 Å². The fraction of sp³-hybridized carbons (Fsp3) is 0.455. The van der Waals surface area contributed by atoms with Gasteiger partial charge >= 0.3 is 6.18 Å². The Balaban J connectivity index is 2.18. The maximum atomic E-state index is 12.3. The zero-order chi connectivity index (χ0) is 13.3. The molecule has 18 heavy (non-hydrogen) atoms. The molecule has 1 saturated heterocycles. The molecule has 0 aromatic carbocycles. The molecule has 7 heteroatoms. The van der Waals surface area contributed by atoms with E-state index in [4.69, 9.17) is 0 Å². The van der Waals surface area contributed by atoms with Crippen LogP contribution in [0.2, 0.25) is 0 Å². The first-order chi connectivity index (χ1) is 8.41. The summed E-state index contributed by atoms with van der Waals surface area (Å²) in [6.45, 7) is 0.511. The molecule has 1 atom stereocenters. The number of hydrogen-bond acceptors (Lipinski definition) is 2. The van der Waals surface area contributed by atoms with Gasteiger partial charge in [0.05, 0.1) is 11.9 Å². The molecule has 0 bridgehead atoms. The van der Waals surface area contributed by atoms with Crippen molar-refractivity contribution in [3.8, 4) is 0 Å². The van der Waals surface area contributed by atoms with Crippen LogP contribution in [0.5, 0.6) is 0 Å². The van der Waals surface area contributed by atoms with E-state index in [1.54, 1.807) is 0 Å². The molecule has 0 saturated carbocycles. The highest BCUT2D eigenvalue weighted by molar-refractivity contribution is 9.09. The minimum atomic E-state index is -4.45. The van der Waals surface area contributed by atoms with Gasteiger partial charge in [-0.3, -0.25) is 4.79 Å². The molecule has 3 nitrogen and oxygen atoms in total. The molecule has 1 aromatic heterocycles. The van der Waals surface area contributed by atoms with Gasteiger partial charge in [-0.2, -0.15) is 13.2 Å². The van der Waals surface area contributed by atoms with Crippen LogP contribution in [0.1, 0.15) is 12.1 Å². The van der Waals surface area contributed by atoms with Crippen LogP contribution in [0.25, 0.3) is 0 Å².